The summed E-state index contributed by atoms with van der Waals surface area (Å²) in [6.07, 6.45) is -0.712. The van der Waals surface area contributed by atoms with Gasteiger partial charge in [0.15, 0.2) is 6.29 Å². The van der Waals surface area contributed by atoms with Gasteiger partial charge in [0, 0.05) is 0 Å². The maximum atomic E-state index is 12.2. The third-order valence-corrected chi connectivity index (χ3v) is 2.72. The number of anilines is 1. The minimum absolute atomic E-state index is 0.0561. The number of hydrogen-bond acceptors (Lipinski definition) is 5. The lowest BCUT2D eigenvalue weighted by Crippen LogP contribution is -2.17. The molecular formula is C12H11NO4. The number of nitrogens with two attached hydrogens (primary N) is 1. The second kappa shape index (κ2) is 3.87. The smallest absolute Gasteiger partial charge is 0.203 e. The molecule has 1 aliphatic rings. The molecule has 0 amide bonds. The first-order valence-electron chi connectivity index (χ1n) is 5.32. The van der Waals surface area contributed by atoms with Crippen LogP contribution in [-0.2, 0) is 9.47 Å². The van der Waals surface area contributed by atoms with E-state index in [1.165, 1.54) is 0 Å². The molecule has 0 radical (unpaired) electrons. The molecule has 2 heterocycles. The highest BCUT2D eigenvalue weighted by atomic mass is 16.7. The molecule has 5 heteroatoms. The van der Waals surface area contributed by atoms with Crippen molar-refractivity contribution in [3.63, 3.8) is 0 Å². The molecule has 1 fully saturated rings. The Kier molecular flexibility index (Phi) is 2.35. The van der Waals surface area contributed by atoms with Crippen molar-refractivity contribution < 1.29 is 13.9 Å². The Hall–Kier alpha value is -1.85. The fraction of sp³-hybridized carbons (Fsp3) is 0.250. The predicted molar refractivity (Wildman–Crippen MR) is 61.5 cm³/mol. The number of ether oxygens (including phenoxy) is 2. The number of hydrogen-bond donors (Lipinski definition) is 1. The van der Waals surface area contributed by atoms with E-state index >= 15 is 0 Å². The average molecular weight is 233 g/mol. The van der Waals surface area contributed by atoms with Crippen molar-refractivity contribution in [3.05, 3.63) is 40.1 Å². The maximum absolute atomic E-state index is 12.2. The van der Waals surface area contributed by atoms with Gasteiger partial charge in [-0.05, 0) is 12.1 Å². The first kappa shape index (κ1) is 10.3. The fourth-order valence-corrected chi connectivity index (χ4v) is 1.92. The zero-order valence-electron chi connectivity index (χ0n) is 9.01. The van der Waals surface area contributed by atoms with Crippen LogP contribution < -0.4 is 11.2 Å². The lowest BCUT2D eigenvalue weighted by atomic mass is 10.1. The Bertz CT molecular complexity index is 613. The number of fused-ring (bicyclic) bond motifs is 1. The SMILES string of the molecule is Nc1oc2ccccc2c(=O)c1C1OCCO1. The van der Waals surface area contributed by atoms with Gasteiger partial charge in [0.05, 0.1) is 18.6 Å². The number of rotatable bonds is 1. The van der Waals surface area contributed by atoms with Crippen molar-refractivity contribution in [1.82, 2.24) is 0 Å². The second-order valence-electron chi connectivity index (χ2n) is 3.78. The summed E-state index contributed by atoms with van der Waals surface area (Å²) < 4.78 is 16.0. The molecule has 3 rings (SSSR count). The summed E-state index contributed by atoms with van der Waals surface area (Å²) >= 11 is 0. The van der Waals surface area contributed by atoms with Gasteiger partial charge in [0.1, 0.15) is 11.1 Å². The molecule has 1 aromatic heterocycles. The van der Waals surface area contributed by atoms with Gasteiger partial charge in [-0.2, -0.15) is 0 Å². The molecule has 0 saturated carbocycles. The minimum atomic E-state index is -0.712. The van der Waals surface area contributed by atoms with E-state index in [0.717, 1.165) is 0 Å². The van der Waals surface area contributed by atoms with Crippen LogP contribution in [0.5, 0.6) is 0 Å². The number of para-hydroxylation sites is 1. The van der Waals surface area contributed by atoms with Gasteiger partial charge in [-0.15, -0.1) is 0 Å². The van der Waals surface area contributed by atoms with Crippen molar-refractivity contribution in [2.75, 3.05) is 18.9 Å². The van der Waals surface area contributed by atoms with Gasteiger partial charge >= 0.3 is 0 Å². The van der Waals surface area contributed by atoms with E-state index in [4.69, 9.17) is 19.6 Å². The van der Waals surface area contributed by atoms with Gasteiger partial charge in [0.25, 0.3) is 0 Å². The van der Waals surface area contributed by atoms with Crippen LogP contribution in [0.15, 0.2) is 33.5 Å². The van der Waals surface area contributed by atoms with E-state index in [9.17, 15) is 4.79 Å². The summed E-state index contributed by atoms with van der Waals surface area (Å²) in [6.45, 7) is 0.909. The van der Waals surface area contributed by atoms with Gasteiger partial charge in [-0.1, -0.05) is 12.1 Å². The van der Waals surface area contributed by atoms with E-state index in [2.05, 4.69) is 0 Å². The lowest BCUT2D eigenvalue weighted by Gasteiger charge is -2.11. The first-order chi connectivity index (χ1) is 8.27. The van der Waals surface area contributed by atoms with Crippen LogP contribution >= 0.6 is 0 Å². The largest absolute Gasteiger partial charge is 0.440 e. The van der Waals surface area contributed by atoms with Gasteiger partial charge in [-0.3, -0.25) is 4.79 Å². The Morgan fingerprint density at radius 3 is 2.65 bits per heavy atom. The van der Waals surface area contributed by atoms with E-state index in [0.29, 0.717) is 24.2 Å². The summed E-state index contributed by atoms with van der Waals surface area (Å²) in [5.41, 5.74) is 6.26. The van der Waals surface area contributed by atoms with Crippen LogP contribution in [0.25, 0.3) is 11.0 Å². The molecule has 1 aliphatic heterocycles. The third-order valence-electron chi connectivity index (χ3n) is 2.72. The standard InChI is InChI=1S/C12H11NO4/c13-11-9(12-15-5-6-16-12)10(14)7-3-1-2-4-8(7)17-11/h1-4,12H,5-6,13H2. The molecule has 0 spiro atoms. The molecule has 0 unspecified atom stereocenters. The zero-order chi connectivity index (χ0) is 11.8. The summed E-state index contributed by atoms with van der Waals surface area (Å²) in [6, 6.07) is 6.95. The van der Waals surface area contributed by atoms with Crippen molar-refractivity contribution in [2.45, 2.75) is 6.29 Å². The molecule has 1 aromatic carbocycles. The molecule has 0 bridgehead atoms. The van der Waals surface area contributed by atoms with E-state index in [1.807, 2.05) is 0 Å². The molecule has 5 nitrogen and oxygen atoms in total. The Balaban J connectivity index is 2.27. The lowest BCUT2D eigenvalue weighted by molar-refractivity contribution is -0.0449. The van der Waals surface area contributed by atoms with Crippen LogP contribution in [0, 0.1) is 0 Å². The molecule has 2 N–H and O–H groups in total. The molecule has 2 aromatic rings. The summed E-state index contributed by atoms with van der Waals surface area (Å²) in [5.74, 6) is 0.0561. The van der Waals surface area contributed by atoms with Gasteiger partial charge in [-0.25, -0.2) is 0 Å². The maximum Gasteiger partial charge on any atom is 0.203 e. The monoisotopic (exact) mass is 233 g/mol. The van der Waals surface area contributed by atoms with E-state index in [-0.39, 0.29) is 16.9 Å². The zero-order valence-corrected chi connectivity index (χ0v) is 9.01. The summed E-state index contributed by atoms with van der Waals surface area (Å²) in [5, 5.41) is 0.482. The number of nitrogen functional groups attached to an aromatic ring is 1. The second-order valence-corrected chi connectivity index (χ2v) is 3.78. The Labute approximate surface area is 96.7 Å². The van der Waals surface area contributed by atoms with Crippen molar-refractivity contribution in [3.8, 4) is 0 Å². The molecule has 0 atom stereocenters. The highest BCUT2D eigenvalue weighted by Crippen LogP contribution is 2.27. The normalized spacial score (nSPS) is 16.7. The van der Waals surface area contributed by atoms with Crippen molar-refractivity contribution in [2.24, 2.45) is 0 Å². The highest BCUT2D eigenvalue weighted by molar-refractivity contribution is 5.78. The minimum Gasteiger partial charge on any atom is -0.440 e. The molecule has 88 valence electrons. The van der Waals surface area contributed by atoms with Crippen LogP contribution in [0.2, 0.25) is 0 Å². The third kappa shape index (κ3) is 1.60. The summed E-state index contributed by atoms with van der Waals surface area (Å²) in [4.78, 5) is 12.2. The van der Waals surface area contributed by atoms with Crippen LogP contribution in [0.1, 0.15) is 11.9 Å². The number of benzene rings is 1. The van der Waals surface area contributed by atoms with Crippen molar-refractivity contribution >= 4 is 16.9 Å². The highest BCUT2D eigenvalue weighted by Gasteiger charge is 2.26. The summed E-state index contributed by atoms with van der Waals surface area (Å²) in [7, 11) is 0. The Morgan fingerprint density at radius 2 is 1.88 bits per heavy atom. The topological polar surface area (TPSA) is 74.7 Å². The van der Waals surface area contributed by atoms with Gasteiger partial charge in [0.2, 0.25) is 11.3 Å². The molecule has 17 heavy (non-hydrogen) atoms. The molecule has 1 saturated heterocycles. The van der Waals surface area contributed by atoms with Crippen LogP contribution in [0.4, 0.5) is 5.88 Å². The Morgan fingerprint density at radius 1 is 1.18 bits per heavy atom. The van der Waals surface area contributed by atoms with Crippen LogP contribution in [-0.4, -0.2) is 13.2 Å². The van der Waals surface area contributed by atoms with E-state index < -0.39 is 6.29 Å². The van der Waals surface area contributed by atoms with Crippen molar-refractivity contribution in [1.29, 1.82) is 0 Å². The quantitative estimate of drug-likeness (QED) is 0.806. The van der Waals surface area contributed by atoms with E-state index in [1.54, 1.807) is 24.3 Å². The molecular weight excluding hydrogens is 222 g/mol. The first-order valence-corrected chi connectivity index (χ1v) is 5.32. The average Bonchev–Trinajstić information content (AvgIpc) is 2.83. The molecule has 0 aliphatic carbocycles. The van der Waals surface area contributed by atoms with Gasteiger partial charge < -0.3 is 19.6 Å². The van der Waals surface area contributed by atoms with Crippen LogP contribution in [0.3, 0.4) is 0 Å². The fourth-order valence-electron chi connectivity index (χ4n) is 1.92. The predicted octanol–water partition coefficient (Wildman–Crippen LogP) is 1.42.